The zero-order valence-corrected chi connectivity index (χ0v) is 15.8. The Labute approximate surface area is 168 Å². The third-order valence-electron chi connectivity index (χ3n) is 4.55. The SMILES string of the molecule is C=CC(=O)OC(COc1cccc2ccccc12)Oc1cccc2ccccc12. The van der Waals surface area contributed by atoms with Gasteiger partial charge in [0.1, 0.15) is 11.5 Å². The van der Waals surface area contributed by atoms with Crippen molar-refractivity contribution >= 4 is 27.5 Å². The predicted octanol–water partition coefficient (Wildman–Crippen LogP) is 5.51. The minimum Gasteiger partial charge on any atom is -0.485 e. The Morgan fingerprint density at radius 1 is 0.793 bits per heavy atom. The van der Waals surface area contributed by atoms with E-state index >= 15 is 0 Å². The summed E-state index contributed by atoms with van der Waals surface area (Å²) in [6, 6.07) is 27.4. The smallest absolute Gasteiger partial charge is 0.333 e. The van der Waals surface area contributed by atoms with E-state index in [0.29, 0.717) is 11.5 Å². The minimum atomic E-state index is -0.926. The minimum absolute atomic E-state index is 0.0385. The van der Waals surface area contributed by atoms with E-state index in [4.69, 9.17) is 14.2 Å². The Balaban J connectivity index is 1.58. The van der Waals surface area contributed by atoms with Gasteiger partial charge in [-0.25, -0.2) is 4.79 Å². The molecule has 4 aromatic rings. The highest BCUT2D eigenvalue weighted by Crippen LogP contribution is 2.28. The van der Waals surface area contributed by atoms with E-state index in [1.54, 1.807) is 0 Å². The highest BCUT2D eigenvalue weighted by Gasteiger charge is 2.18. The second-order valence-electron chi connectivity index (χ2n) is 6.45. The number of carbonyl (C=O) groups is 1. The first-order valence-corrected chi connectivity index (χ1v) is 9.32. The van der Waals surface area contributed by atoms with Gasteiger partial charge in [0.2, 0.25) is 0 Å². The lowest BCUT2D eigenvalue weighted by Gasteiger charge is -2.20. The molecule has 0 radical (unpaired) electrons. The molecule has 0 saturated carbocycles. The summed E-state index contributed by atoms with van der Waals surface area (Å²) in [6.07, 6.45) is 0.183. The van der Waals surface area contributed by atoms with E-state index in [-0.39, 0.29) is 6.61 Å². The molecule has 144 valence electrons. The first-order chi connectivity index (χ1) is 14.2. The van der Waals surface area contributed by atoms with E-state index in [9.17, 15) is 4.79 Å². The lowest BCUT2D eigenvalue weighted by atomic mass is 10.1. The van der Waals surface area contributed by atoms with Crippen LogP contribution in [0.4, 0.5) is 0 Å². The molecule has 4 heteroatoms. The van der Waals surface area contributed by atoms with E-state index < -0.39 is 12.3 Å². The predicted molar refractivity (Wildman–Crippen MR) is 114 cm³/mol. The molecule has 0 saturated heterocycles. The maximum atomic E-state index is 11.8. The van der Waals surface area contributed by atoms with Gasteiger partial charge in [-0.05, 0) is 22.9 Å². The molecule has 0 fully saturated rings. The molecule has 4 nitrogen and oxygen atoms in total. The number of fused-ring (bicyclic) bond motifs is 2. The van der Waals surface area contributed by atoms with Crippen LogP contribution in [-0.4, -0.2) is 18.9 Å². The fourth-order valence-corrected chi connectivity index (χ4v) is 3.19. The molecule has 0 N–H and O–H groups in total. The molecule has 0 bridgehead atoms. The van der Waals surface area contributed by atoms with Crippen molar-refractivity contribution in [1.82, 2.24) is 0 Å². The lowest BCUT2D eigenvalue weighted by molar-refractivity contribution is -0.161. The van der Waals surface area contributed by atoms with Crippen LogP contribution in [-0.2, 0) is 9.53 Å². The van der Waals surface area contributed by atoms with Gasteiger partial charge in [0.25, 0.3) is 6.29 Å². The van der Waals surface area contributed by atoms with Gasteiger partial charge in [-0.2, -0.15) is 0 Å². The molecule has 1 unspecified atom stereocenters. The highest BCUT2D eigenvalue weighted by atomic mass is 16.7. The normalized spacial score (nSPS) is 11.7. The molecule has 0 spiro atoms. The fraction of sp³-hybridized carbons (Fsp3) is 0.0800. The van der Waals surface area contributed by atoms with Crippen LogP contribution >= 0.6 is 0 Å². The van der Waals surface area contributed by atoms with Gasteiger partial charge >= 0.3 is 5.97 Å². The summed E-state index contributed by atoms with van der Waals surface area (Å²) in [5.41, 5.74) is 0. The molecule has 1 atom stereocenters. The highest BCUT2D eigenvalue weighted by molar-refractivity contribution is 5.89. The second kappa shape index (κ2) is 8.48. The number of ether oxygens (including phenoxy) is 3. The monoisotopic (exact) mass is 384 g/mol. The molecular formula is C25H20O4. The molecule has 0 aliphatic rings. The lowest BCUT2D eigenvalue weighted by Crippen LogP contribution is -2.30. The Morgan fingerprint density at radius 3 is 2.00 bits per heavy atom. The van der Waals surface area contributed by atoms with Gasteiger partial charge in [-0.1, -0.05) is 79.4 Å². The van der Waals surface area contributed by atoms with Crippen LogP contribution in [0.1, 0.15) is 0 Å². The van der Waals surface area contributed by atoms with Gasteiger partial charge in [0.05, 0.1) is 0 Å². The third-order valence-corrected chi connectivity index (χ3v) is 4.55. The molecule has 29 heavy (non-hydrogen) atoms. The van der Waals surface area contributed by atoms with Gasteiger partial charge in [-0.15, -0.1) is 0 Å². The van der Waals surface area contributed by atoms with Crippen LogP contribution in [0.2, 0.25) is 0 Å². The van der Waals surface area contributed by atoms with Crippen molar-refractivity contribution in [2.75, 3.05) is 6.61 Å². The largest absolute Gasteiger partial charge is 0.485 e. The van der Waals surface area contributed by atoms with E-state index in [2.05, 4.69) is 6.58 Å². The average molecular weight is 384 g/mol. The Bertz CT molecular complexity index is 1160. The number of hydrogen-bond donors (Lipinski definition) is 0. The average Bonchev–Trinajstić information content (AvgIpc) is 2.77. The molecular weight excluding hydrogens is 364 g/mol. The molecule has 0 amide bonds. The van der Waals surface area contributed by atoms with Crippen molar-refractivity contribution in [3.8, 4) is 11.5 Å². The van der Waals surface area contributed by atoms with Crippen LogP contribution in [0, 0.1) is 0 Å². The van der Waals surface area contributed by atoms with Crippen molar-refractivity contribution < 1.29 is 19.0 Å². The number of esters is 1. The van der Waals surface area contributed by atoms with Gasteiger partial charge < -0.3 is 14.2 Å². The molecule has 4 aromatic carbocycles. The summed E-state index contributed by atoms with van der Waals surface area (Å²) in [6.45, 7) is 3.50. The van der Waals surface area contributed by atoms with Crippen molar-refractivity contribution in [2.45, 2.75) is 6.29 Å². The van der Waals surface area contributed by atoms with Crippen molar-refractivity contribution in [1.29, 1.82) is 0 Å². The zero-order valence-electron chi connectivity index (χ0n) is 15.8. The molecule has 0 aliphatic carbocycles. The summed E-state index contributed by atoms with van der Waals surface area (Å²) in [7, 11) is 0. The van der Waals surface area contributed by atoms with Crippen LogP contribution in [0.5, 0.6) is 11.5 Å². The summed E-state index contributed by atoms with van der Waals surface area (Å²) < 4.78 is 17.4. The fourth-order valence-electron chi connectivity index (χ4n) is 3.19. The number of benzene rings is 4. The Kier molecular flexibility index (Phi) is 5.43. The number of carbonyl (C=O) groups excluding carboxylic acids is 1. The summed E-state index contributed by atoms with van der Waals surface area (Å²) in [5, 5.41) is 4.02. The summed E-state index contributed by atoms with van der Waals surface area (Å²) in [4.78, 5) is 11.8. The summed E-state index contributed by atoms with van der Waals surface area (Å²) in [5.74, 6) is 0.743. The maximum absolute atomic E-state index is 11.8. The van der Waals surface area contributed by atoms with Crippen LogP contribution in [0.15, 0.2) is 97.6 Å². The van der Waals surface area contributed by atoms with E-state index in [1.165, 1.54) is 0 Å². The van der Waals surface area contributed by atoms with Gasteiger partial charge in [0.15, 0.2) is 6.61 Å². The topological polar surface area (TPSA) is 44.8 Å². The van der Waals surface area contributed by atoms with Crippen molar-refractivity contribution in [2.24, 2.45) is 0 Å². The number of rotatable bonds is 7. The van der Waals surface area contributed by atoms with Crippen molar-refractivity contribution in [3.63, 3.8) is 0 Å². The van der Waals surface area contributed by atoms with Gasteiger partial charge in [-0.3, -0.25) is 0 Å². The second-order valence-corrected chi connectivity index (χ2v) is 6.45. The zero-order chi connectivity index (χ0) is 20.1. The van der Waals surface area contributed by atoms with Crippen molar-refractivity contribution in [3.05, 3.63) is 97.6 Å². The first kappa shape index (κ1) is 18.6. The van der Waals surface area contributed by atoms with E-state index in [1.807, 2.05) is 84.9 Å². The molecule has 4 rings (SSSR count). The van der Waals surface area contributed by atoms with Crippen LogP contribution in [0.25, 0.3) is 21.5 Å². The van der Waals surface area contributed by atoms with E-state index in [0.717, 1.165) is 27.6 Å². The molecule has 0 aliphatic heterocycles. The number of hydrogen-bond acceptors (Lipinski definition) is 4. The van der Waals surface area contributed by atoms with Crippen LogP contribution in [0.3, 0.4) is 0 Å². The standard InChI is InChI=1S/C25H20O4/c1-2-24(26)29-25(28-23-16-8-12-19-10-4-6-14-21(19)23)17-27-22-15-7-11-18-9-3-5-13-20(18)22/h2-16,25H,1,17H2. The first-order valence-electron chi connectivity index (χ1n) is 9.32. The maximum Gasteiger partial charge on any atom is 0.333 e. The Morgan fingerprint density at radius 2 is 1.34 bits per heavy atom. The Hall–Kier alpha value is -3.79. The third kappa shape index (κ3) is 4.22. The molecule has 0 aromatic heterocycles. The van der Waals surface area contributed by atoms with Crippen LogP contribution < -0.4 is 9.47 Å². The van der Waals surface area contributed by atoms with Gasteiger partial charge in [0, 0.05) is 16.8 Å². The molecule has 0 heterocycles. The quantitative estimate of drug-likeness (QED) is 0.240. The summed E-state index contributed by atoms with van der Waals surface area (Å²) >= 11 is 0.